The first-order valence-electron chi connectivity index (χ1n) is 4.67. The number of nitrogens with two attached hydrogens (primary N) is 1. The summed E-state index contributed by atoms with van der Waals surface area (Å²) in [6, 6.07) is 4.94. The van der Waals surface area contributed by atoms with E-state index >= 15 is 0 Å². The lowest BCUT2D eigenvalue weighted by Crippen LogP contribution is -2.33. The van der Waals surface area contributed by atoms with E-state index < -0.39 is 22.5 Å². The highest BCUT2D eigenvalue weighted by molar-refractivity contribution is 7.89. The van der Waals surface area contributed by atoms with E-state index in [1.807, 2.05) is 6.07 Å². The molecule has 3 N–H and O–H groups in total. The van der Waals surface area contributed by atoms with Crippen molar-refractivity contribution >= 4 is 15.9 Å². The van der Waals surface area contributed by atoms with Gasteiger partial charge in [0.05, 0.1) is 11.4 Å². The Bertz CT molecular complexity index is 489. The summed E-state index contributed by atoms with van der Waals surface area (Å²) in [4.78, 5) is 10.7. The quantitative estimate of drug-likeness (QED) is 0.782. The van der Waals surface area contributed by atoms with Gasteiger partial charge in [0.15, 0.2) is 0 Å². The van der Waals surface area contributed by atoms with Crippen LogP contribution in [0.3, 0.4) is 0 Å². The molecule has 0 heterocycles. The van der Waals surface area contributed by atoms with Gasteiger partial charge in [-0.3, -0.25) is 4.79 Å². The number of hydrogen-bond acceptors (Lipinski definition) is 3. The SMILES string of the molecule is Cc1cc(C)cc(S(=O)(=O)NCC(N)=O)c1. The fraction of sp³-hybridized carbons (Fsp3) is 0.300. The molecular formula is C10H14N2O3S. The lowest BCUT2D eigenvalue weighted by atomic mass is 10.2. The molecule has 88 valence electrons. The Kier molecular flexibility index (Phi) is 3.66. The van der Waals surface area contributed by atoms with Crippen LogP contribution in [-0.2, 0) is 14.8 Å². The van der Waals surface area contributed by atoms with Gasteiger partial charge in [-0.2, -0.15) is 0 Å². The van der Waals surface area contributed by atoms with E-state index in [1.165, 1.54) is 12.1 Å². The minimum atomic E-state index is -3.65. The van der Waals surface area contributed by atoms with Crippen molar-refractivity contribution in [2.24, 2.45) is 5.73 Å². The Hall–Kier alpha value is -1.40. The average molecular weight is 242 g/mol. The first-order chi connectivity index (χ1) is 7.31. The highest BCUT2D eigenvalue weighted by atomic mass is 32.2. The maximum atomic E-state index is 11.7. The molecule has 0 bridgehead atoms. The molecule has 0 spiro atoms. The molecule has 0 fully saturated rings. The second kappa shape index (κ2) is 4.63. The van der Waals surface area contributed by atoms with Gasteiger partial charge in [0.25, 0.3) is 0 Å². The van der Waals surface area contributed by atoms with Gasteiger partial charge >= 0.3 is 0 Å². The number of sulfonamides is 1. The van der Waals surface area contributed by atoms with E-state index in [2.05, 4.69) is 4.72 Å². The smallest absolute Gasteiger partial charge is 0.241 e. The molecule has 0 unspecified atom stereocenters. The summed E-state index contributed by atoms with van der Waals surface area (Å²) in [5.41, 5.74) is 6.57. The molecule has 0 aliphatic heterocycles. The molecule has 0 saturated heterocycles. The number of rotatable bonds is 4. The molecule has 0 saturated carbocycles. The third-order valence-electron chi connectivity index (χ3n) is 1.94. The summed E-state index contributed by atoms with van der Waals surface area (Å²) in [7, 11) is -3.65. The molecule has 0 aliphatic rings. The Morgan fingerprint density at radius 2 is 1.75 bits per heavy atom. The van der Waals surface area contributed by atoms with Gasteiger partial charge < -0.3 is 5.73 Å². The Morgan fingerprint density at radius 1 is 1.25 bits per heavy atom. The summed E-state index contributed by atoms with van der Waals surface area (Å²) in [5.74, 6) is -0.715. The maximum absolute atomic E-state index is 11.7. The molecule has 0 aromatic heterocycles. The highest BCUT2D eigenvalue weighted by Gasteiger charge is 2.14. The van der Waals surface area contributed by atoms with Gasteiger partial charge in [-0.05, 0) is 37.1 Å². The zero-order valence-electron chi connectivity index (χ0n) is 9.15. The molecule has 0 aliphatic carbocycles. The lowest BCUT2D eigenvalue weighted by Gasteiger charge is -2.07. The summed E-state index contributed by atoms with van der Waals surface area (Å²) >= 11 is 0. The number of nitrogens with one attached hydrogen (secondary N) is 1. The minimum absolute atomic E-state index is 0.145. The third-order valence-corrected chi connectivity index (χ3v) is 3.32. The molecule has 16 heavy (non-hydrogen) atoms. The van der Waals surface area contributed by atoms with Gasteiger partial charge in [-0.1, -0.05) is 6.07 Å². The van der Waals surface area contributed by atoms with E-state index in [0.717, 1.165) is 11.1 Å². The van der Waals surface area contributed by atoms with Crippen LogP contribution in [0.4, 0.5) is 0 Å². The predicted molar refractivity (Wildman–Crippen MR) is 60.3 cm³/mol. The molecule has 0 atom stereocenters. The topological polar surface area (TPSA) is 89.3 Å². The van der Waals surface area contributed by atoms with Crippen LogP contribution in [-0.4, -0.2) is 20.9 Å². The number of amides is 1. The van der Waals surface area contributed by atoms with E-state index in [1.54, 1.807) is 13.8 Å². The van der Waals surface area contributed by atoms with Gasteiger partial charge in [0.1, 0.15) is 0 Å². The van der Waals surface area contributed by atoms with Crippen LogP contribution in [0.5, 0.6) is 0 Å². The number of hydrogen-bond donors (Lipinski definition) is 2. The number of primary amides is 1. The summed E-state index contributed by atoms with van der Waals surface area (Å²) in [5, 5.41) is 0. The van der Waals surface area contributed by atoms with Crippen molar-refractivity contribution in [3.63, 3.8) is 0 Å². The van der Waals surface area contributed by atoms with Crippen LogP contribution in [0.2, 0.25) is 0 Å². The average Bonchev–Trinajstić information content (AvgIpc) is 2.13. The number of carbonyl (C=O) groups excluding carboxylic acids is 1. The lowest BCUT2D eigenvalue weighted by molar-refractivity contribution is -0.116. The van der Waals surface area contributed by atoms with Crippen LogP contribution in [0, 0.1) is 13.8 Å². The maximum Gasteiger partial charge on any atom is 0.241 e. The fourth-order valence-corrected chi connectivity index (χ4v) is 2.52. The van der Waals surface area contributed by atoms with Crippen LogP contribution < -0.4 is 10.5 Å². The second-order valence-electron chi connectivity index (χ2n) is 3.61. The molecule has 1 aromatic rings. The molecule has 1 amide bonds. The Morgan fingerprint density at radius 3 is 2.19 bits per heavy atom. The Labute approximate surface area is 94.7 Å². The molecule has 0 radical (unpaired) electrons. The first-order valence-corrected chi connectivity index (χ1v) is 6.16. The zero-order valence-corrected chi connectivity index (χ0v) is 9.97. The van der Waals surface area contributed by atoms with Crippen molar-refractivity contribution < 1.29 is 13.2 Å². The largest absolute Gasteiger partial charge is 0.369 e. The van der Waals surface area contributed by atoms with Gasteiger partial charge in [-0.15, -0.1) is 0 Å². The van der Waals surface area contributed by atoms with Crippen molar-refractivity contribution in [2.75, 3.05) is 6.54 Å². The van der Waals surface area contributed by atoms with Gasteiger partial charge in [0.2, 0.25) is 15.9 Å². The number of carbonyl (C=O) groups is 1. The minimum Gasteiger partial charge on any atom is -0.369 e. The van der Waals surface area contributed by atoms with E-state index in [0.29, 0.717) is 0 Å². The van der Waals surface area contributed by atoms with Crippen molar-refractivity contribution in [2.45, 2.75) is 18.7 Å². The second-order valence-corrected chi connectivity index (χ2v) is 5.38. The van der Waals surface area contributed by atoms with E-state index in [9.17, 15) is 13.2 Å². The van der Waals surface area contributed by atoms with E-state index in [4.69, 9.17) is 5.73 Å². The van der Waals surface area contributed by atoms with Crippen molar-refractivity contribution in [1.82, 2.24) is 4.72 Å². The number of aryl methyl sites for hydroxylation is 2. The summed E-state index contributed by atoms with van der Waals surface area (Å²) in [6.07, 6.45) is 0. The summed E-state index contributed by atoms with van der Waals surface area (Å²) in [6.45, 7) is 3.22. The van der Waals surface area contributed by atoms with Crippen LogP contribution >= 0.6 is 0 Å². The van der Waals surface area contributed by atoms with Crippen molar-refractivity contribution in [3.8, 4) is 0 Å². The standard InChI is InChI=1S/C10H14N2O3S/c1-7-3-8(2)5-9(4-7)16(14,15)12-6-10(11)13/h3-5,12H,6H2,1-2H3,(H2,11,13). The zero-order chi connectivity index (χ0) is 12.3. The number of benzene rings is 1. The van der Waals surface area contributed by atoms with Crippen LogP contribution in [0.25, 0.3) is 0 Å². The van der Waals surface area contributed by atoms with Crippen LogP contribution in [0.15, 0.2) is 23.1 Å². The Balaban J connectivity index is 3.02. The van der Waals surface area contributed by atoms with Crippen molar-refractivity contribution in [3.05, 3.63) is 29.3 Å². The molecule has 5 nitrogen and oxygen atoms in total. The highest BCUT2D eigenvalue weighted by Crippen LogP contribution is 2.13. The van der Waals surface area contributed by atoms with Gasteiger partial charge in [-0.25, -0.2) is 13.1 Å². The monoisotopic (exact) mass is 242 g/mol. The fourth-order valence-electron chi connectivity index (χ4n) is 1.34. The molecule has 1 aromatic carbocycles. The van der Waals surface area contributed by atoms with Crippen LogP contribution in [0.1, 0.15) is 11.1 Å². The summed E-state index contributed by atoms with van der Waals surface area (Å²) < 4.78 is 25.6. The first kappa shape index (κ1) is 12.7. The molecular weight excluding hydrogens is 228 g/mol. The normalized spacial score (nSPS) is 11.4. The third kappa shape index (κ3) is 3.32. The van der Waals surface area contributed by atoms with Gasteiger partial charge in [0, 0.05) is 0 Å². The molecule has 1 rings (SSSR count). The molecule has 6 heteroatoms. The predicted octanol–water partition coefficient (Wildman–Crippen LogP) is 0.0670. The van der Waals surface area contributed by atoms with E-state index in [-0.39, 0.29) is 4.90 Å². The van der Waals surface area contributed by atoms with Crippen molar-refractivity contribution in [1.29, 1.82) is 0 Å².